The first kappa shape index (κ1) is 17.4. The molecule has 0 fully saturated rings. The third-order valence-corrected chi connectivity index (χ3v) is 3.92. The maximum Gasteiger partial charge on any atom is 0.229 e. The van der Waals surface area contributed by atoms with E-state index < -0.39 is 0 Å². The molecule has 2 N–H and O–H groups in total. The highest BCUT2D eigenvalue weighted by Crippen LogP contribution is 2.23. The Hall–Kier alpha value is -2.44. The van der Waals surface area contributed by atoms with E-state index in [2.05, 4.69) is 20.6 Å². The van der Waals surface area contributed by atoms with Crippen LogP contribution in [0.2, 0.25) is 5.02 Å². The number of thiocarbonyl (C=S) groups is 1. The molecule has 2 heterocycles. The van der Waals surface area contributed by atoms with Crippen LogP contribution < -0.4 is 10.6 Å². The van der Waals surface area contributed by atoms with Gasteiger partial charge < -0.3 is 15.1 Å². The number of nitrogens with zero attached hydrogens (tertiary/aromatic N) is 2. The van der Waals surface area contributed by atoms with Crippen molar-refractivity contribution < 1.29 is 4.42 Å². The molecule has 7 heteroatoms. The van der Waals surface area contributed by atoms with E-state index in [-0.39, 0.29) is 0 Å². The van der Waals surface area contributed by atoms with E-state index in [0.29, 0.717) is 22.6 Å². The number of hydrogen-bond donors (Lipinski definition) is 2. The molecule has 1 aromatic carbocycles. The van der Waals surface area contributed by atoms with Crippen LogP contribution >= 0.6 is 23.8 Å². The summed E-state index contributed by atoms with van der Waals surface area (Å²) in [5.74, 6) is 2.04. The molecule has 0 spiro atoms. The Kier molecular flexibility index (Phi) is 5.31. The van der Waals surface area contributed by atoms with Crippen molar-refractivity contribution in [1.82, 2.24) is 15.3 Å². The molecule has 0 amide bonds. The van der Waals surface area contributed by atoms with Crippen molar-refractivity contribution in [2.45, 2.75) is 20.4 Å². The molecule has 0 bridgehead atoms. The minimum atomic E-state index is 0.439. The second-order valence-electron chi connectivity index (χ2n) is 5.55. The summed E-state index contributed by atoms with van der Waals surface area (Å²) in [7, 11) is 0. The standard InChI is InChI=1S/C18H17ClN4OS/c1-11-9-12(2)22-17(21-11)23-18(25)20-10-15-7-8-16(24-15)13-3-5-14(19)6-4-13/h3-9H,10H2,1-2H3,(H2,20,21,22,23,25). The zero-order chi connectivity index (χ0) is 17.8. The van der Waals surface area contributed by atoms with Crippen molar-refractivity contribution in [1.29, 1.82) is 0 Å². The van der Waals surface area contributed by atoms with Crippen molar-refractivity contribution in [3.05, 3.63) is 64.6 Å². The van der Waals surface area contributed by atoms with Crippen LogP contribution in [0, 0.1) is 13.8 Å². The Balaban J connectivity index is 1.58. The topological polar surface area (TPSA) is 63.0 Å². The number of furan rings is 1. The number of nitrogens with one attached hydrogen (secondary N) is 2. The van der Waals surface area contributed by atoms with Crippen LogP contribution in [0.15, 0.2) is 46.9 Å². The van der Waals surface area contributed by atoms with E-state index in [9.17, 15) is 0 Å². The lowest BCUT2D eigenvalue weighted by molar-refractivity contribution is 0.516. The van der Waals surface area contributed by atoms with Crippen molar-refractivity contribution in [2.24, 2.45) is 0 Å². The van der Waals surface area contributed by atoms with Crippen LogP contribution in [0.5, 0.6) is 0 Å². The summed E-state index contributed by atoms with van der Waals surface area (Å²) in [6, 6.07) is 13.2. The van der Waals surface area contributed by atoms with E-state index in [1.165, 1.54) is 0 Å². The average Bonchev–Trinajstić information content (AvgIpc) is 3.01. The highest BCUT2D eigenvalue weighted by molar-refractivity contribution is 7.80. The fourth-order valence-electron chi connectivity index (χ4n) is 2.34. The van der Waals surface area contributed by atoms with Gasteiger partial charge >= 0.3 is 0 Å². The van der Waals surface area contributed by atoms with Gasteiger partial charge in [0.2, 0.25) is 5.95 Å². The molecule has 0 unspecified atom stereocenters. The Bertz CT molecular complexity index is 872. The molecule has 25 heavy (non-hydrogen) atoms. The summed E-state index contributed by atoms with van der Waals surface area (Å²) in [5, 5.41) is 7.20. The minimum absolute atomic E-state index is 0.439. The molecular weight excluding hydrogens is 356 g/mol. The summed E-state index contributed by atoms with van der Waals surface area (Å²) in [4.78, 5) is 8.59. The lowest BCUT2D eigenvalue weighted by Crippen LogP contribution is -2.28. The second-order valence-corrected chi connectivity index (χ2v) is 6.40. The van der Waals surface area contributed by atoms with E-state index in [0.717, 1.165) is 28.5 Å². The predicted molar refractivity (Wildman–Crippen MR) is 104 cm³/mol. The number of hydrogen-bond acceptors (Lipinski definition) is 4. The van der Waals surface area contributed by atoms with Gasteiger partial charge in [0.25, 0.3) is 0 Å². The van der Waals surface area contributed by atoms with Gasteiger partial charge in [0.1, 0.15) is 11.5 Å². The van der Waals surface area contributed by atoms with Gasteiger partial charge in [-0.1, -0.05) is 11.6 Å². The predicted octanol–water partition coefficient (Wildman–Crippen LogP) is 4.49. The molecule has 0 aliphatic heterocycles. The summed E-state index contributed by atoms with van der Waals surface area (Å²) in [5.41, 5.74) is 2.74. The molecule has 3 rings (SSSR count). The number of rotatable bonds is 4. The maximum absolute atomic E-state index is 5.90. The van der Waals surface area contributed by atoms with E-state index in [1.54, 1.807) is 0 Å². The maximum atomic E-state index is 5.90. The van der Waals surface area contributed by atoms with Gasteiger partial charge in [-0.15, -0.1) is 0 Å². The third-order valence-electron chi connectivity index (χ3n) is 3.42. The average molecular weight is 373 g/mol. The molecule has 0 saturated carbocycles. The molecule has 0 aliphatic carbocycles. The molecule has 0 aliphatic rings. The number of aryl methyl sites for hydroxylation is 2. The van der Waals surface area contributed by atoms with E-state index >= 15 is 0 Å². The van der Waals surface area contributed by atoms with Crippen LogP contribution in [0.1, 0.15) is 17.1 Å². The van der Waals surface area contributed by atoms with Gasteiger partial charge in [-0.3, -0.25) is 0 Å². The summed E-state index contributed by atoms with van der Waals surface area (Å²) in [6.45, 7) is 4.29. The van der Waals surface area contributed by atoms with Crippen LogP contribution in [0.4, 0.5) is 5.95 Å². The van der Waals surface area contributed by atoms with Crippen LogP contribution in [0.25, 0.3) is 11.3 Å². The number of anilines is 1. The van der Waals surface area contributed by atoms with Crippen molar-refractivity contribution in [3.63, 3.8) is 0 Å². The third kappa shape index (κ3) is 4.78. The first-order valence-electron chi connectivity index (χ1n) is 7.71. The summed E-state index contributed by atoms with van der Waals surface area (Å²) in [6.07, 6.45) is 0. The largest absolute Gasteiger partial charge is 0.459 e. The zero-order valence-electron chi connectivity index (χ0n) is 13.8. The van der Waals surface area contributed by atoms with E-state index in [1.807, 2.05) is 56.3 Å². The van der Waals surface area contributed by atoms with Crippen LogP contribution in [-0.4, -0.2) is 15.1 Å². The molecule has 3 aromatic rings. The quantitative estimate of drug-likeness (QED) is 0.658. The lowest BCUT2D eigenvalue weighted by atomic mass is 10.2. The number of aromatic nitrogens is 2. The van der Waals surface area contributed by atoms with Crippen molar-refractivity contribution in [3.8, 4) is 11.3 Å². The first-order chi connectivity index (χ1) is 12.0. The highest BCUT2D eigenvalue weighted by atomic mass is 35.5. The Morgan fingerprint density at radius 2 is 1.76 bits per heavy atom. The molecule has 0 radical (unpaired) electrons. The van der Waals surface area contributed by atoms with Crippen molar-refractivity contribution >= 4 is 34.9 Å². The lowest BCUT2D eigenvalue weighted by Gasteiger charge is -2.09. The fourth-order valence-corrected chi connectivity index (χ4v) is 2.63. The number of benzene rings is 1. The second kappa shape index (κ2) is 7.63. The van der Waals surface area contributed by atoms with Crippen molar-refractivity contribution in [2.75, 3.05) is 5.32 Å². The van der Waals surface area contributed by atoms with Gasteiger partial charge in [0, 0.05) is 22.0 Å². The molecule has 128 valence electrons. The molecular formula is C18H17ClN4OS. The highest BCUT2D eigenvalue weighted by Gasteiger charge is 2.07. The van der Waals surface area contributed by atoms with E-state index in [4.69, 9.17) is 28.2 Å². The SMILES string of the molecule is Cc1cc(C)nc(NC(=S)NCc2ccc(-c3ccc(Cl)cc3)o2)n1. The zero-order valence-corrected chi connectivity index (χ0v) is 15.4. The monoisotopic (exact) mass is 372 g/mol. The molecule has 0 saturated heterocycles. The number of halogens is 1. The minimum Gasteiger partial charge on any atom is -0.459 e. The Labute approximate surface area is 156 Å². The smallest absolute Gasteiger partial charge is 0.229 e. The first-order valence-corrected chi connectivity index (χ1v) is 8.50. The van der Waals surface area contributed by atoms with Gasteiger partial charge in [-0.05, 0) is 68.5 Å². The summed E-state index contributed by atoms with van der Waals surface area (Å²) < 4.78 is 5.82. The van der Waals surface area contributed by atoms with Gasteiger partial charge in [0.15, 0.2) is 5.11 Å². The summed E-state index contributed by atoms with van der Waals surface area (Å²) >= 11 is 11.2. The molecule has 2 aromatic heterocycles. The van der Waals surface area contributed by atoms with Gasteiger partial charge in [-0.2, -0.15) is 0 Å². The van der Waals surface area contributed by atoms with Crippen LogP contribution in [-0.2, 0) is 6.54 Å². The van der Waals surface area contributed by atoms with Gasteiger partial charge in [0.05, 0.1) is 6.54 Å². The van der Waals surface area contributed by atoms with Crippen LogP contribution in [0.3, 0.4) is 0 Å². The molecule has 5 nitrogen and oxygen atoms in total. The normalized spacial score (nSPS) is 10.5. The Morgan fingerprint density at radius 3 is 2.44 bits per heavy atom. The molecule has 0 atom stereocenters. The van der Waals surface area contributed by atoms with Gasteiger partial charge in [-0.25, -0.2) is 9.97 Å². The Morgan fingerprint density at radius 1 is 1.08 bits per heavy atom. The fraction of sp³-hybridized carbons (Fsp3) is 0.167.